The molecule has 0 aromatic heterocycles. The van der Waals surface area contributed by atoms with Gasteiger partial charge in [0.1, 0.15) is 12.1 Å². The number of rotatable bonds is 2. The molecule has 16 heavy (non-hydrogen) atoms. The largest absolute Gasteiger partial charge is 0.482 e. The van der Waals surface area contributed by atoms with E-state index in [1.54, 1.807) is 18.2 Å². The van der Waals surface area contributed by atoms with E-state index in [-0.39, 0.29) is 31.7 Å². The Balaban J connectivity index is 0.00000128. The number of hydrogen-bond donors (Lipinski definition) is 0. The number of esters is 1. The molecule has 2 rings (SSSR count). The van der Waals surface area contributed by atoms with Crippen molar-refractivity contribution >= 4 is 11.8 Å². The van der Waals surface area contributed by atoms with Gasteiger partial charge in [-0.2, -0.15) is 0 Å². The fourth-order valence-corrected chi connectivity index (χ4v) is 1.70. The molecule has 0 N–H and O–H groups in total. The second kappa shape index (κ2) is 5.17. The van der Waals surface area contributed by atoms with Crippen LogP contribution >= 0.6 is 0 Å². The Bertz CT molecular complexity index is 440. The second-order valence-corrected chi connectivity index (χ2v) is 3.29. The quantitative estimate of drug-likeness (QED) is 0.362. The van der Waals surface area contributed by atoms with E-state index in [0.717, 1.165) is 5.56 Å². The summed E-state index contributed by atoms with van der Waals surface area (Å²) < 4.78 is 5.02. The van der Waals surface area contributed by atoms with E-state index in [2.05, 4.69) is 12.7 Å². The normalized spacial score (nSPS) is 17.2. The molecule has 0 saturated carbocycles. The van der Waals surface area contributed by atoms with Gasteiger partial charge in [0.05, 0.1) is 6.42 Å². The van der Waals surface area contributed by atoms with E-state index in [1.165, 1.54) is 0 Å². The van der Waals surface area contributed by atoms with E-state index in [9.17, 15) is 9.59 Å². The van der Waals surface area contributed by atoms with Crippen LogP contribution in [0.25, 0.3) is 0 Å². The summed E-state index contributed by atoms with van der Waals surface area (Å²) in [5.41, 5.74) is 1.41. The SMILES string of the molecule is C=[C-]C(=O)OC1CC(=O)c2ccccc21.[Rh]. The molecule has 4 heteroatoms. The zero-order valence-electron chi connectivity index (χ0n) is 8.36. The van der Waals surface area contributed by atoms with Gasteiger partial charge in [-0.05, 0) is 0 Å². The summed E-state index contributed by atoms with van der Waals surface area (Å²) in [6.45, 7) is 3.19. The molecule has 1 radical (unpaired) electrons. The summed E-state index contributed by atoms with van der Waals surface area (Å²) in [7, 11) is 0. The van der Waals surface area contributed by atoms with Gasteiger partial charge in [-0.15, -0.1) is 0 Å². The predicted molar refractivity (Wildman–Crippen MR) is 53.1 cm³/mol. The van der Waals surface area contributed by atoms with Crippen molar-refractivity contribution < 1.29 is 33.8 Å². The maximum Gasteiger partial charge on any atom is 0.167 e. The van der Waals surface area contributed by atoms with Crippen LogP contribution in [0.2, 0.25) is 0 Å². The first-order chi connectivity index (χ1) is 7.22. The summed E-state index contributed by atoms with van der Waals surface area (Å²) in [5.74, 6) is -0.614. The maximum absolute atomic E-state index is 11.5. The van der Waals surface area contributed by atoms with Gasteiger partial charge in [-0.1, -0.05) is 24.3 Å². The van der Waals surface area contributed by atoms with E-state index < -0.39 is 12.1 Å². The molecule has 0 bridgehead atoms. The minimum Gasteiger partial charge on any atom is -0.482 e. The van der Waals surface area contributed by atoms with E-state index >= 15 is 0 Å². The standard InChI is InChI=1S/C12H9O3.Rh/c1-2-12(14)15-11-7-10(13)8-5-3-4-6-9(8)11;/h3-6,11H,1,7H2;/q-1;. The summed E-state index contributed by atoms with van der Waals surface area (Å²) in [4.78, 5) is 22.5. The van der Waals surface area contributed by atoms with Gasteiger partial charge in [0, 0.05) is 30.6 Å². The molecule has 3 nitrogen and oxygen atoms in total. The molecule has 0 spiro atoms. The van der Waals surface area contributed by atoms with Crippen LogP contribution in [0.4, 0.5) is 0 Å². The van der Waals surface area contributed by atoms with Crippen LogP contribution in [0.3, 0.4) is 0 Å². The van der Waals surface area contributed by atoms with Crippen molar-refractivity contribution in [3.8, 4) is 0 Å². The molecule has 0 saturated heterocycles. The first-order valence-corrected chi connectivity index (χ1v) is 4.58. The van der Waals surface area contributed by atoms with Crippen LogP contribution in [0.15, 0.2) is 30.8 Å². The third-order valence-corrected chi connectivity index (χ3v) is 2.37. The van der Waals surface area contributed by atoms with Crippen LogP contribution in [0.5, 0.6) is 0 Å². The Morgan fingerprint density at radius 2 is 2.12 bits per heavy atom. The van der Waals surface area contributed by atoms with Gasteiger partial charge in [-0.3, -0.25) is 16.2 Å². The number of ether oxygens (including phenoxy) is 1. The van der Waals surface area contributed by atoms with Crippen LogP contribution < -0.4 is 0 Å². The molecular weight excluding hydrogens is 295 g/mol. The fraction of sp³-hybridized carbons (Fsp3) is 0.167. The van der Waals surface area contributed by atoms with Gasteiger partial charge >= 0.3 is 0 Å². The summed E-state index contributed by atoms with van der Waals surface area (Å²) in [5, 5.41) is 0. The van der Waals surface area contributed by atoms with Crippen molar-refractivity contribution in [2.24, 2.45) is 0 Å². The average molecular weight is 304 g/mol. The third-order valence-electron chi connectivity index (χ3n) is 2.37. The monoisotopic (exact) mass is 304 g/mol. The zero-order chi connectivity index (χ0) is 10.8. The van der Waals surface area contributed by atoms with Crippen LogP contribution in [-0.2, 0) is 29.0 Å². The van der Waals surface area contributed by atoms with E-state index in [0.29, 0.717) is 5.56 Å². The molecule has 1 aliphatic carbocycles. The Labute approximate surface area is 106 Å². The Morgan fingerprint density at radius 3 is 2.81 bits per heavy atom. The predicted octanol–water partition coefficient (Wildman–Crippen LogP) is 1.84. The summed E-state index contributed by atoms with van der Waals surface area (Å²) >= 11 is 0. The zero-order valence-corrected chi connectivity index (χ0v) is 10.00. The number of hydrogen-bond acceptors (Lipinski definition) is 3. The van der Waals surface area contributed by atoms with Gasteiger partial charge < -0.3 is 10.8 Å². The summed E-state index contributed by atoms with van der Waals surface area (Å²) in [6, 6.07) is 7.14. The van der Waals surface area contributed by atoms with E-state index in [1.807, 2.05) is 6.07 Å². The van der Waals surface area contributed by atoms with Gasteiger partial charge in [-0.25, -0.2) is 0 Å². The minimum absolute atomic E-state index is 0. The fourth-order valence-electron chi connectivity index (χ4n) is 1.70. The first-order valence-electron chi connectivity index (χ1n) is 4.58. The second-order valence-electron chi connectivity index (χ2n) is 3.29. The molecular formula is C12H9O3Rh-. The molecule has 0 aliphatic heterocycles. The molecule has 1 aliphatic rings. The van der Waals surface area contributed by atoms with Crippen molar-refractivity contribution in [2.45, 2.75) is 12.5 Å². The topological polar surface area (TPSA) is 43.4 Å². The van der Waals surface area contributed by atoms with Crippen molar-refractivity contribution in [3.05, 3.63) is 48.0 Å². The molecule has 0 fully saturated rings. The van der Waals surface area contributed by atoms with Crippen molar-refractivity contribution in [2.75, 3.05) is 0 Å². The number of benzene rings is 1. The van der Waals surface area contributed by atoms with Gasteiger partial charge in [0.25, 0.3) is 0 Å². The number of carbonyl (C=O) groups is 2. The van der Waals surface area contributed by atoms with Crippen molar-refractivity contribution in [1.82, 2.24) is 0 Å². The number of Topliss-reactive ketones (excluding diaryl/α,β-unsaturated/α-hetero) is 1. The molecule has 85 valence electrons. The number of fused-ring (bicyclic) bond motifs is 1. The number of carbonyl (C=O) groups excluding carboxylic acids is 2. The first kappa shape index (κ1) is 12.8. The van der Waals surface area contributed by atoms with Crippen LogP contribution in [0.1, 0.15) is 28.4 Å². The molecule has 0 heterocycles. The molecule has 0 amide bonds. The van der Waals surface area contributed by atoms with Crippen molar-refractivity contribution in [3.63, 3.8) is 0 Å². The Kier molecular flexibility index (Phi) is 4.14. The third kappa shape index (κ3) is 2.28. The molecule has 1 unspecified atom stereocenters. The average Bonchev–Trinajstić information content (AvgIpc) is 2.57. The smallest absolute Gasteiger partial charge is 0.167 e. The van der Waals surface area contributed by atoms with Crippen LogP contribution in [0, 0.1) is 6.08 Å². The van der Waals surface area contributed by atoms with Crippen molar-refractivity contribution in [1.29, 1.82) is 0 Å². The Hall–Kier alpha value is -1.28. The number of ketones is 1. The maximum atomic E-state index is 11.5. The van der Waals surface area contributed by atoms with Gasteiger partial charge in [0.2, 0.25) is 0 Å². The molecule has 1 aromatic rings. The Morgan fingerprint density at radius 1 is 1.44 bits per heavy atom. The van der Waals surface area contributed by atoms with E-state index in [4.69, 9.17) is 4.74 Å². The molecule has 1 aromatic carbocycles. The summed E-state index contributed by atoms with van der Waals surface area (Å²) in [6.07, 6.45) is 1.85. The van der Waals surface area contributed by atoms with Crippen LogP contribution in [-0.4, -0.2) is 11.8 Å². The minimum atomic E-state index is -0.621. The van der Waals surface area contributed by atoms with Gasteiger partial charge in [0.15, 0.2) is 5.78 Å². The molecule has 1 atom stereocenters.